The highest BCUT2D eigenvalue weighted by Gasteiger charge is 2.32. The number of nitrogens with two attached hydrogens (primary N) is 1. The van der Waals surface area contributed by atoms with Crippen molar-refractivity contribution in [2.24, 2.45) is 0 Å². The fourth-order valence-electron chi connectivity index (χ4n) is 2.76. The van der Waals surface area contributed by atoms with E-state index in [-0.39, 0.29) is 11.9 Å². The van der Waals surface area contributed by atoms with E-state index in [0.29, 0.717) is 16.3 Å². The first-order chi connectivity index (χ1) is 9.59. The molecular formula is C16H15ClN2O. The van der Waals surface area contributed by atoms with E-state index in [1.165, 1.54) is 5.56 Å². The molecule has 0 fully saturated rings. The maximum Gasteiger partial charge on any atom is 0.262 e. The van der Waals surface area contributed by atoms with Crippen LogP contribution in [-0.4, -0.2) is 11.9 Å². The molecule has 102 valence electrons. The molecule has 1 unspecified atom stereocenters. The fraction of sp³-hybridized carbons (Fsp3) is 0.188. The van der Waals surface area contributed by atoms with Crippen molar-refractivity contribution >= 4 is 28.9 Å². The lowest BCUT2D eigenvalue weighted by Gasteiger charge is -2.24. The number of para-hydroxylation sites is 1. The molecule has 1 aliphatic heterocycles. The lowest BCUT2D eigenvalue weighted by molar-refractivity contribution is 0.0982. The first-order valence-corrected chi connectivity index (χ1v) is 6.93. The van der Waals surface area contributed by atoms with Crippen LogP contribution >= 0.6 is 11.6 Å². The average molecular weight is 287 g/mol. The molecule has 2 N–H and O–H groups in total. The summed E-state index contributed by atoms with van der Waals surface area (Å²) in [6.45, 7) is 2.03. The predicted octanol–water partition coefficient (Wildman–Crippen LogP) is 3.51. The molecule has 0 saturated heterocycles. The lowest BCUT2D eigenvalue weighted by Crippen LogP contribution is -2.36. The van der Waals surface area contributed by atoms with Crippen LogP contribution in [0.2, 0.25) is 5.02 Å². The summed E-state index contributed by atoms with van der Waals surface area (Å²) >= 11 is 6.15. The van der Waals surface area contributed by atoms with Crippen LogP contribution in [0, 0.1) is 0 Å². The van der Waals surface area contributed by atoms with Gasteiger partial charge in [0.2, 0.25) is 0 Å². The molecule has 3 nitrogen and oxygen atoms in total. The minimum absolute atomic E-state index is 0.107. The van der Waals surface area contributed by atoms with Gasteiger partial charge in [-0.15, -0.1) is 0 Å². The first-order valence-electron chi connectivity index (χ1n) is 6.55. The van der Waals surface area contributed by atoms with E-state index in [4.69, 9.17) is 17.3 Å². The molecule has 1 heterocycles. The zero-order chi connectivity index (χ0) is 14.3. The SMILES string of the molecule is CC1Cc2ccccc2N1C(=O)c1c(N)cccc1Cl. The van der Waals surface area contributed by atoms with Gasteiger partial charge in [-0.3, -0.25) is 4.79 Å². The van der Waals surface area contributed by atoms with E-state index in [0.717, 1.165) is 12.1 Å². The van der Waals surface area contributed by atoms with Gasteiger partial charge in [0, 0.05) is 17.4 Å². The predicted molar refractivity (Wildman–Crippen MR) is 82.3 cm³/mol. The molecule has 1 aliphatic rings. The van der Waals surface area contributed by atoms with E-state index >= 15 is 0 Å². The first kappa shape index (κ1) is 13.0. The maximum absolute atomic E-state index is 12.8. The molecule has 0 saturated carbocycles. The zero-order valence-electron chi connectivity index (χ0n) is 11.1. The second kappa shape index (κ2) is 4.84. The number of nitrogen functional groups attached to an aromatic ring is 1. The number of halogens is 1. The quantitative estimate of drug-likeness (QED) is 0.816. The highest BCUT2D eigenvalue weighted by molar-refractivity contribution is 6.35. The Morgan fingerprint density at radius 3 is 2.75 bits per heavy atom. The highest BCUT2D eigenvalue weighted by Crippen LogP contribution is 2.35. The molecule has 2 aromatic carbocycles. The number of benzene rings is 2. The van der Waals surface area contributed by atoms with Gasteiger partial charge in [0.1, 0.15) is 0 Å². The van der Waals surface area contributed by atoms with Crippen molar-refractivity contribution in [2.75, 3.05) is 10.6 Å². The molecule has 0 bridgehead atoms. The van der Waals surface area contributed by atoms with Gasteiger partial charge in [0.25, 0.3) is 5.91 Å². The number of amides is 1. The van der Waals surface area contributed by atoms with Crippen molar-refractivity contribution in [3.8, 4) is 0 Å². The number of rotatable bonds is 1. The van der Waals surface area contributed by atoms with Crippen molar-refractivity contribution in [3.05, 3.63) is 58.6 Å². The van der Waals surface area contributed by atoms with Gasteiger partial charge in [0.15, 0.2) is 0 Å². The average Bonchev–Trinajstić information content (AvgIpc) is 2.74. The lowest BCUT2D eigenvalue weighted by atomic mass is 10.1. The van der Waals surface area contributed by atoms with Gasteiger partial charge >= 0.3 is 0 Å². The van der Waals surface area contributed by atoms with E-state index in [9.17, 15) is 4.79 Å². The number of carbonyl (C=O) groups excluding carboxylic acids is 1. The third kappa shape index (κ3) is 1.95. The third-order valence-corrected chi connectivity index (χ3v) is 4.00. The summed E-state index contributed by atoms with van der Waals surface area (Å²) in [5.74, 6) is -0.134. The van der Waals surface area contributed by atoms with Crippen molar-refractivity contribution in [3.63, 3.8) is 0 Å². The standard InChI is InChI=1S/C16H15ClN2O/c1-10-9-11-5-2-3-8-14(11)19(10)16(20)15-12(17)6-4-7-13(15)18/h2-8,10H,9,18H2,1H3. The van der Waals surface area contributed by atoms with E-state index in [1.54, 1.807) is 23.1 Å². The minimum atomic E-state index is -0.134. The molecule has 4 heteroatoms. The Morgan fingerprint density at radius 1 is 1.25 bits per heavy atom. The smallest absolute Gasteiger partial charge is 0.262 e. The molecule has 1 atom stereocenters. The summed E-state index contributed by atoms with van der Waals surface area (Å²) in [5, 5.41) is 0.395. The molecule has 0 aliphatic carbocycles. The number of anilines is 2. The topological polar surface area (TPSA) is 46.3 Å². The van der Waals surface area contributed by atoms with Gasteiger partial charge in [0.05, 0.1) is 10.6 Å². The van der Waals surface area contributed by atoms with E-state index in [1.807, 2.05) is 25.1 Å². The van der Waals surface area contributed by atoms with Gasteiger partial charge in [-0.1, -0.05) is 35.9 Å². The minimum Gasteiger partial charge on any atom is -0.398 e. The van der Waals surface area contributed by atoms with Crippen LogP contribution in [0.3, 0.4) is 0 Å². The Labute approximate surface area is 123 Å². The van der Waals surface area contributed by atoms with E-state index in [2.05, 4.69) is 6.07 Å². The van der Waals surface area contributed by atoms with Crippen molar-refractivity contribution in [2.45, 2.75) is 19.4 Å². The molecule has 0 spiro atoms. The van der Waals surface area contributed by atoms with Gasteiger partial charge in [-0.05, 0) is 37.1 Å². The highest BCUT2D eigenvalue weighted by atomic mass is 35.5. The van der Waals surface area contributed by atoms with Crippen LogP contribution in [0.4, 0.5) is 11.4 Å². The number of hydrogen-bond donors (Lipinski definition) is 1. The second-order valence-corrected chi connectivity index (χ2v) is 5.47. The maximum atomic E-state index is 12.8. The normalized spacial score (nSPS) is 17.1. The molecule has 3 rings (SSSR count). The summed E-state index contributed by atoms with van der Waals surface area (Å²) in [7, 11) is 0. The molecule has 1 amide bonds. The Morgan fingerprint density at radius 2 is 2.00 bits per heavy atom. The molecule has 0 radical (unpaired) electrons. The van der Waals surface area contributed by atoms with Gasteiger partial charge in [-0.2, -0.15) is 0 Å². The van der Waals surface area contributed by atoms with Crippen molar-refractivity contribution in [1.29, 1.82) is 0 Å². The summed E-state index contributed by atoms with van der Waals surface area (Å²) in [6, 6.07) is 13.2. The Bertz CT molecular complexity index is 664. The second-order valence-electron chi connectivity index (χ2n) is 5.06. The molecule has 0 aromatic heterocycles. The van der Waals surface area contributed by atoms with Gasteiger partial charge < -0.3 is 10.6 Å². The molecular weight excluding hydrogens is 272 g/mol. The Kier molecular flexibility index (Phi) is 3.14. The molecule has 2 aromatic rings. The molecule has 20 heavy (non-hydrogen) atoms. The zero-order valence-corrected chi connectivity index (χ0v) is 11.9. The van der Waals surface area contributed by atoms with Crippen LogP contribution in [-0.2, 0) is 6.42 Å². The van der Waals surface area contributed by atoms with Crippen LogP contribution in [0.15, 0.2) is 42.5 Å². The van der Waals surface area contributed by atoms with Crippen LogP contribution in [0.5, 0.6) is 0 Å². The number of nitrogens with zero attached hydrogens (tertiary/aromatic N) is 1. The van der Waals surface area contributed by atoms with Crippen LogP contribution in [0.1, 0.15) is 22.8 Å². The third-order valence-electron chi connectivity index (χ3n) is 3.69. The van der Waals surface area contributed by atoms with Crippen LogP contribution in [0.25, 0.3) is 0 Å². The summed E-state index contributed by atoms with van der Waals surface area (Å²) in [6.07, 6.45) is 0.853. The van der Waals surface area contributed by atoms with Gasteiger partial charge in [-0.25, -0.2) is 0 Å². The van der Waals surface area contributed by atoms with Crippen molar-refractivity contribution in [1.82, 2.24) is 0 Å². The fourth-order valence-corrected chi connectivity index (χ4v) is 3.02. The number of fused-ring (bicyclic) bond motifs is 1. The van der Waals surface area contributed by atoms with Crippen LogP contribution < -0.4 is 10.6 Å². The monoisotopic (exact) mass is 286 g/mol. The largest absolute Gasteiger partial charge is 0.398 e. The Hall–Kier alpha value is -2.00. The summed E-state index contributed by atoms with van der Waals surface area (Å²) in [5.41, 5.74) is 8.85. The summed E-state index contributed by atoms with van der Waals surface area (Å²) < 4.78 is 0. The summed E-state index contributed by atoms with van der Waals surface area (Å²) in [4.78, 5) is 14.6. The number of hydrogen-bond acceptors (Lipinski definition) is 2. The number of carbonyl (C=O) groups is 1. The Balaban J connectivity index is 2.08. The van der Waals surface area contributed by atoms with E-state index < -0.39 is 0 Å². The van der Waals surface area contributed by atoms with Crippen molar-refractivity contribution < 1.29 is 4.79 Å².